The third kappa shape index (κ3) is 5.01. The molecule has 184 valence electrons. The van der Waals surface area contributed by atoms with Crippen LogP contribution in [0.5, 0.6) is 11.5 Å². The second kappa shape index (κ2) is 9.94. The molecule has 0 aliphatic heterocycles. The molecule has 0 aliphatic carbocycles. The highest BCUT2D eigenvalue weighted by Gasteiger charge is 2.21. The lowest BCUT2D eigenvalue weighted by molar-refractivity contribution is 0.102. The molecule has 0 fully saturated rings. The Hall–Kier alpha value is -3.99. The van der Waals surface area contributed by atoms with Crippen LogP contribution in [0.2, 0.25) is 5.02 Å². The van der Waals surface area contributed by atoms with Crippen molar-refractivity contribution < 1.29 is 27.6 Å². The Balaban J connectivity index is 1.80. The number of azo groups is 1. The van der Waals surface area contributed by atoms with Gasteiger partial charge in [-0.3, -0.25) is 9.35 Å². The zero-order chi connectivity index (χ0) is 26.0. The number of nitrogens with one attached hydrogen (secondary N) is 1. The highest BCUT2D eigenvalue weighted by atomic mass is 35.5. The first-order valence-electron chi connectivity index (χ1n) is 10.5. The standard InChI is InChI=1S/C25H20ClN3O6S/c1-14-21(11-10-20(26)24(14)36(32,33)34)28-29-22-18-9-4-3-6-15(18)12-19(23(22)30)25(31)27-16-7-5-8-17(13-16)35-2/h3-13,30H,1-2H3,(H,27,31)(H,32,33,34). The van der Waals surface area contributed by atoms with Gasteiger partial charge in [-0.05, 0) is 48.2 Å². The van der Waals surface area contributed by atoms with Crippen LogP contribution in [0.15, 0.2) is 81.9 Å². The molecule has 0 spiro atoms. The first kappa shape index (κ1) is 25.1. The second-order valence-electron chi connectivity index (χ2n) is 7.72. The number of phenolic OH excluding ortho intramolecular Hbond substituents is 1. The molecular weight excluding hydrogens is 506 g/mol. The summed E-state index contributed by atoms with van der Waals surface area (Å²) in [6, 6.07) is 17.9. The number of anilines is 1. The van der Waals surface area contributed by atoms with Crippen LogP contribution in [0.4, 0.5) is 17.1 Å². The molecule has 4 aromatic rings. The fraction of sp³-hybridized carbons (Fsp3) is 0.0800. The summed E-state index contributed by atoms with van der Waals surface area (Å²) in [7, 11) is -3.10. The maximum atomic E-state index is 13.1. The molecule has 4 rings (SSSR count). The summed E-state index contributed by atoms with van der Waals surface area (Å²) in [6.45, 7) is 1.42. The second-order valence-corrected chi connectivity index (χ2v) is 9.49. The molecule has 11 heteroatoms. The third-order valence-corrected chi connectivity index (χ3v) is 6.88. The Morgan fingerprint density at radius 2 is 1.78 bits per heavy atom. The normalized spacial score (nSPS) is 11.7. The summed E-state index contributed by atoms with van der Waals surface area (Å²) in [5.74, 6) is -0.452. The van der Waals surface area contributed by atoms with E-state index in [2.05, 4.69) is 15.5 Å². The number of hydrogen-bond donors (Lipinski definition) is 3. The van der Waals surface area contributed by atoms with Crippen molar-refractivity contribution in [2.24, 2.45) is 10.2 Å². The Morgan fingerprint density at radius 1 is 1.03 bits per heavy atom. The van der Waals surface area contributed by atoms with Crippen molar-refractivity contribution in [2.75, 3.05) is 12.4 Å². The van der Waals surface area contributed by atoms with Gasteiger partial charge in [-0.15, -0.1) is 5.11 Å². The van der Waals surface area contributed by atoms with Crippen molar-refractivity contribution in [3.63, 3.8) is 0 Å². The number of ether oxygens (including phenoxy) is 1. The first-order chi connectivity index (χ1) is 17.1. The van der Waals surface area contributed by atoms with Crippen molar-refractivity contribution in [3.05, 3.63) is 82.9 Å². The third-order valence-electron chi connectivity index (χ3n) is 5.41. The van der Waals surface area contributed by atoms with Gasteiger partial charge in [0, 0.05) is 17.1 Å². The summed E-state index contributed by atoms with van der Waals surface area (Å²) >= 11 is 5.94. The number of halogens is 1. The van der Waals surface area contributed by atoms with Crippen LogP contribution in [0.1, 0.15) is 15.9 Å². The summed E-state index contributed by atoms with van der Waals surface area (Å²) < 4.78 is 38.2. The number of phenols is 1. The number of nitrogens with zero attached hydrogens (tertiary/aromatic N) is 2. The van der Waals surface area contributed by atoms with Gasteiger partial charge in [0.2, 0.25) is 0 Å². The van der Waals surface area contributed by atoms with Gasteiger partial charge in [-0.25, -0.2) is 0 Å². The molecule has 1 amide bonds. The van der Waals surface area contributed by atoms with E-state index < -0.39 is 26.7 Å². The molecule has 0 aromatic heterocycles. The number of benzene rings is 4. The maximum absolute atomic E-state index is 13.1. The quantitative estimate of drug-likeness (QED) is 0.196. The zero-order valence-corrected chi connectivity index (χ0v) is 20.6. The molecule has 9 nitrogen and oxygen atoms in total. The van der Waals surface area contributed by atoms with Gasteiger partial charge in [0.05, 0.1) is 23.4 Å². The molecule has 0 atom stereocenters. The Labute approximate surface area is 211 Å². The van der Waals surface area contributed by atoms with Crippen LogP contribution in [-0.2, 0) is 10.1 Å². The van der Waals surface area contributed by atoms with E-state index in [0.29, 0.717) is 22.2 Å². The molecule has 4 aromatic carbocycles. The minimum Gasteiger partial charge on any atom is -0.505 e. The van der Waals surface area contributed by atoms with Crippen molar-refractivity contribution in [1.82, 2.24) is 0 Å². The van der Waals surface area contributed by atoms with E-state index in [1.54, 1.807) is 48.5 Å². The van der Waals surface area contributed by atoms with Crippen LogP contribution in [-0.4, -0.2) is 31.1 Å². The van der Waals surface area contributed by atoms with E-state index in [4.69, 9.17) is 16.3 Å². The van der Waals surface area contributed by atoms with E-state index in [1.807, 2.05) is 0 Å². The van der Waals surface area contributed by atoms with Crippen molar-refractivity contribution in [2.45, 2.75) is 11.8 Å². The fourth-order valence-electron chi connectivity index (χ4n) is 3.67. The fourth-order valence-corrected chi connectivity index (χ4v) is 4.97. The summed E-state index contributed by atoms with van der Waals surface area (Å²) in [5, 5.41) is 22.9. The number of carbonyl (C=O) groups is 1. The number of hydrogen-bond acceptors (Lipinski definition) is 7. The van der Waals surface area contributed by atoms with E-state index in [-0.39, 0.29) is 27.5 Å². The summed E-state index contributed by atoms with van der Waals surface area (Å²) in [5.41, 5.74) is 0.597. The average Bonchev–Trinajstić information content (AvgIpc) is 2.83. The number of amides is 1. The molecule has 0 saturated heterocycles. The Morgan fingerprint density at radius 3 is 2.50 bits per heavy atom. The highest BCUT2D eigenvalue weighted by molar-refractivity contribution is 7.86. The minimum atomic E-state index is -4.61. The van der Waals surface area contributed by atoms with Gasteiger partial charge in [-0.1, -0.05) is 41.9 Å². The minimum absolute atomic E-state index is 0.00616. The number of carbonyl (C=O) groups excluding carboxylic acids is 1. The van der Waals surface area contributed by atoms with Crippen LogP contribution in [0.3, 0.4) is 0 Å². The van der Waals surface area contributed by atoms with Crippen LogP contribution in [0, 0.1) is 6.92 Å². The van der Waals surface area contributed by atoms with Gasteiger partial charge < -0.3 is 15.2 Å². The monoisotopic (exact) mass is 525 g/mol. The van der Waals surface area contributed by atoms with E-state index in [0.717, 1.165) is 0 Å². The van der Waals surface area contributed by atoms with Gasteiger partial charge in [0.15, 0.2) is 5.75 Å². The average molecular weight is 526 g/mol. The van der Waals surface area contributed by atoms with Crippen LogP contribution >= 0.6 is 11.6 Å². The van der Waals surface area contributed by atoms with Crippen molar-refractivity contribution >= 4 is 55.5 Å². The van der Waals surface area contributed by atoms with Crippen molar-refractivity contribution in [3.8, 4) is 11.5 Å². The molecule has 0 unspecified atom stereocenters. The molecule has 0 bridgehead atoms. The van der Waals surface area contributed by atoms with Crippen molar-refractivity contribution in [1.29, 1.82) is 0 Å². The number of rotatable bonds is 6. The van der Waals surface area contributed by atoms with Gasteiger partial charge in [0.25, 0.3) is 16.0 Å². The largest absolute Gasteiger partial charge is 0.505 e. The molecule has 0 heterocycles. The van der Waals surface area contributed by atoms with E-state index >= 15 is 0 Å². The molecule has 0 radical (unpaired) electrons. The summed E-state index contributed by atoms with van der Waals surface area (Å²) in [4.78, 5) is 12.6. The van der Waals surface area contributed by atoms with Crippen LogP contribution in [0.25, 0.3) is 10.8 Å². The lowest BCUT2D eigenvalue weighted by Gasteiger charge is -2.12. The number of methoxy groups -OCH3 is 1. The molecule has 0 aliphatic rings. The lowest BCUT2D eigenvalue weighted by Crippen LogP contribution is -2.12. The number of fused-ring (bicyclic) bond motifs is 1. The first-order valence-corrected chi connectivity index (χ1v) is 12.3. The van der Waals surface area contributed by atoms with E-state index in [9.17, 15) is 22.9 Å². The van der Waals surface area contributed by atoms with Crippen LogP contribution < -0.4 is 10.1 Å². The Kier molecular flexibility index (Phi) is 6.93. The van der Waals surface area contributed by atoms with Gasteiger partial charge >= 0.3 is 0 Å². The molecular formula is C25H20ClN3O6S. The smallest absolute Gasteiger partial charge is 0.296 e. The summed E-state index contributed by atoms with van der Waals surface area (Å²) in [6.07, 6.45) is 0. The van der Waals surface area contributed by atoms with Gasteiger partial charge in [0.1, 0.15) is 16.3 Å². The topological polar surface area (TPSA) is 138 Å². The van der Waals surface area contributed by atoms with Gasteiger partial charge in [-0.2, -0.15) is 13.5 Å². The molecule has 0 saturated carbocycles. The van der Waals surface area contributed by atoms with E-state index in [1.165, 1.54) is 32.2 Å². The number of aromatic hydroxyl groups is 1. The molecule has 3 N–H and O–H groups in total. The zero-order valence-electron chi connectivity index (χ0n) is 19.1. The predicted octanol–water partition coefficient (Wildman–Crippen LogP) is 6.43. The highest BCUT2D eigenvalue weighted by Crippen LogP contribution is 2.40. The lowest BCUT2D eigenvalue weighted by atomic mass is 10.0. The SMILES string of the molecule is COc1cccc(NC(=O)c2cc3ccccc3c(N=Nc3ccc(Cl)c(S(=O)(=O)O)c3C)c2O)c1. The molecule has 36 heavy (non-hydrogen) atoms. The Bertz CT molecular complexity index is 1640. The predicted molar refractivity (Wildman–Crippen MR) is 137 cm³/mol. The maximum Gasteiger partial charge on any atom is 0.296 e.